The topological polar surface area (TPSA) is 121 Å². The maximum absolute atomic E-state index is 13.6. The highest BCUT2D eigenvalue weighted by Gasteiger charge is 2.35. The molecule has 210 valence electrons. The van der Waals surface area contributed by atoms with Gasteiger partial charge in [-0.1, -0.05) is 23.9 Å². The number of aliphatic hydroxyl groups excluding tert-OH is 1. The number of rotatable bonds is 5. The lowest BCUT2D eigenvalue weighted by atomic mass is 10.00. The van der Waals surface area contributed by atoms with Crippen LogP contribution in [0.2, 0.25) is 0 Å². The predicted octanol–water partition coefficient (Wildman–Crippen LogP) is 3.61. The molecule has 0 radical (unpaired) electrons. The summed E-state index contributed by atoms with van der Waals surface area (Å²) in [5.74, 6) is 5.60. The van der Waals surface area contributed by atoms with E-state index in [4.69, 9.17) is 9.26 Å². The van der Waals surface area contributed by atoms with Gasteiger partial charge in [-0.15, -0.1) is 0 Å². The van der Waals surface area contributed by atoms with Crippen molar-refractivity contribution >= 4 is 17.6 Å². The number of hydrogen-bond acceptors (Lipinski definition) is 7. The fourth-order valence-corrected chi connectivity index (χ4v) is 4.28. The smallest absolute Gasteiger partial charge is 0.321 e. The highest BCUT2D eigenvalue weighted by molar-refractivity contribution is 5.97. The van der Waals surface area contributed by atoms with Crippen molar-refractivity contribution < 1.29 is 28.3 Å². The molecule has 4 rings (SSSR count). The van der Waals surface area contributed by atoms with Crippen LogP contribution in [-0.2, 0) is 0 Å². The van der Waals surface area contributed by atoms with Crippen LogP contribution in [0.5, 0.6) is 5.88 Å². The average Bonchev–Trinajstić information content (AvgIpc) is 3.26. The summed E-state index contributed by atoms with van der Waals surface area (Å²) in [4.78, 5) is 34.0. The van der Waals surface area contributed by atoms with Crippen LogP contribution in [0.3, 0.4) is 0 Å². The number of anilines is 1. The first kappa shape index (κ1) is 28.6. The van der Waals surface area contributed by atoms with Gasteiger partial charge in [0.2, 0.25) is 5.88 Å². The molecule has 1 aliphatic rings. The largest absolute Gasteiger partial charge is 0.472 e. The minimum Gasteiger partial charge on any atom is -0.472 e. The Balaban J connectivity index is 1.61. The molecule has 40 heavy (non-hydrogen) atoms. The molecule has 11 heteroatoms. The molecule has 0 saturated carbocycles. The second kappa shape index (κ2) is 12.2. The third kappa shape index (κ3) is 6.40. The summed E-state index contributed by atoms with van der Waals surface area (Å²) in [5, 5.41) is 16.6. The Morgan fingerprint density at radius 1 is 1.27 bits per heavy atom. The van der Waals surface area contributed by atoms with Gasteiger partial charge >= 0.3 is 6.03 Å². The monoisotopic (exact) mass is 549 g/mol. The molecular formula is C29H32FN5O5. The van der Waals surface area contributed by atoms with E-state index < -0.39 is 12.1 Å². The van der Waals surface area contributed by atoms with Crippen LogP contribution in [0, 0.1) is 37.4 Å². The number of carbonyl (C=O) groups excluding carboxylic acids is 2. The van der Waals surface area contributed by atoms with E-state index >= 15 is 0 Å². The van der Waals surface area contributed by atoms with E-state index in [9.17, 15) is 19.1 Å². The van der Waals surface area contributed by atoms with Gasteiger partial charge in [0.25, 0.3) is 5.91 Å². The molecule has 3 aromatic rings. The molecule has 2 N–H and O–H groups in total. The summed E-state index contributed by atoms with van der Waals surface area (Å²) in [6, 6.07) is 6.53. The normalized spacial score (nSPS) is 17.5. The maximum atomic E-state index is 13.6. The van der Waals surface area contributed by atoms with Gasteiger partial charge in [0, 0.05) is 36.8 Å². The van der Waals surface area contributed by atoms with Crippen molar-refractivity contribution in [2.75, 3.05) is 32.1 Å². The summed E-state index contributed by atoms with van der Waals surface area (Å²) in [6.07, 6.45) is 0.976. The molecule has 0 saturated heterocycles. The number of nitrogens with zero attached hydrogens (tertiary/aromatic N) is 4. The molecule has 3 amide bonds. The van der Waals surface area contributed by atoms with Crippen molar-refractivity contribution in [3.8, 4) is 17.7 Å². The van der Waals surface area contributed by atoms with Crippen molar-refractivity contribution in [3.05, 3.63) is 70.5 Å². The van der Waals surface area contributed by atoms with Gasteiger partial charge in [-0.25, -0.2) is 14.2 Å². The van der Waals surface area contributed by atoms with Crippen LogP contribution in [0.15, 0.2) is 41.1 Å². The Morgan fingerprint density at radius 2 is 1.98 bits per heavy atom. The average molecular weight is 550 g/mol. The molecule has 3 atom stereocenters. The van der Waals surface area contributed by atoms with E-state index in [1.165, 1.54) is 23.2 Å². The fourth-order valence-electron chi connectivity index (χ4n) is 4.28. The number of pyridine rings is 1. The molecule has 3 heterocycles. The number of urea groups is 1. The van der Waals surface area contributed by atoms with Gasteiger partial charge in [-0.2, -0.15) is 0 Å². The molecule has 0 bridgehead atoms. The van der Waals surface area contributed by atoms with Crippen molar-refractivity contribution in [2.24, 2.45) is 5.92 Å². The van der Waals surface area contributed by atoms with E-state index in [1.807, 2.05) is 6.92 Å². The van der Waals surface area contributed by atoms with E-state index in [-0.39, 0.29) is 54.8 Å². The highest BCUT2D eigenvalue weighted by Crippen LogP contribution is 2.27. The number of halogens is 1. The number of hydrogen-bond donors (Lipinski definition) is 2. The molecule has 0 fully saturated rings. The first-order valence-electron chi connectivity index (χ1n) is 12.9. The summed E-state index contributed by atoms with van der Waals surface area (Å²) in [5.41, 5.74) is 2.36. The van der Waals surface area contributed by atoms with Crippen molar-refractivity contribution in [1.82, 2.24) is 19.9 Å². The molecule has 1 aliphatic heterocycles. The Hall–Kier alpha value is -4.43. The maximum Gasteiger partial charge on any atom is 0.321 e. The van der Waals surface area contributed by atoms with E-state index in [0.717, 1.165) is 0 Å². The zero-order valence-electron chi connectivity index (χ0n) is 23.1. The van der Waals surface area contributed by atoms with E-state index in [0.29, 0.717) is 28.3 Å². The minimum atomic E-state index is -0.524. The van der Waals surface area contributed by atoms with Crippen molar-refractivity contribution in [1.29, 1.82) is 0 Å². The highest BCUT2D eigenvalue weighted by atomic mass is 19.1. The van der Waals surface area contributed by atoms with Crippen LogP contribution >= 0.6 is 0 Å². The summed E-state index contributed by atoms with van der Waals surface area (Å²) in [7, 11) is 1.64. The number of fused-ring (bicyclic) bond motifs is 1. The second-order valence-electron chi connectivity index (χ2n) is 9.97. The van der Waals surface area contributed by atoms with Gasteiger partial charge in [0.05, 0.1) is 19.2 Å². The SMILES string of the molecule is Cc1noc(C)c1NC(=O)N(C)C[C@@H]1Oc2ncc(C#Cc3ccc(F)cc3)cc2C(=O)N(C(C)CO)C[C@@H]1C. The zero-order chi connectivity index (χ0) is 29.0. The number of benzene rings is 1. The molecule has 10 nitrogen and oxygen atoms in total. The van der Waals surface area contributed by atoms with Crippen LogP contribution < -0.4 is 10.1 Å². The number of aromatic nitrogens is 2. The standard InChI is InChI=1S/C29H32FN5O5/c1-17-14-35(18(2)16-36)28(37)24-12-22(7-6-21-8-10-23(30)11-9-21)13-31-27(24)39-25(17)15-34(5)29(38)32-26-19(3)33-40-20(26)4/h8-13,17-18,25,36H,14-16H2,1-5H3,(H,32,38)/t17-,18?,25-/m0/s1. The van der Waals surface area contributed by atoms with Crippen LogP contribution in [0.4, 0.5) is 14.9 Å². The Bertz CT molecular complexity index is 1430. The van der Waals surface area contributed by atoms with Gasteiger partial charge in [0.15, 0.2) is 5.76 Å². The Kier molecular flexibility index (Phi) is 8.70. The third-order valence-corrected chi connectivity index (χ3v) is 6.78. The van der Waals surface area contributed by atoms with Crippen LogP contribution in [0.1, 0.15) is 46.8 Å². The summed E-state index contributed by atoms with van der Waals surface area (Å²) < 4.78 is 24.6. The van der Waals surface area contributed by atoms with Crippen molar-refractivity contribution in [2.45, 2.75) is 39.8 Å². The lowest BCUT2D eigenvalue weighted by Gasteiger charge is -2.37. The molecule has 1 unspecified atom stereocenters. The quantitative estimate of drug-likeness (QED) is 0.467. The number of nitrogens with one attached hydrogen (secondary N) is 1. The Morgan fingerprint density at radius 3 is 2.62 bits per heavy atom. The van der Waals surface area contributed by atoms with E-state index in [1.54, 1.807) is 50.9 Å². The summed E-state index contributed by atoms with van der Waals surface area (Å²) in [6.45, 7) is 7.38. The first-order valence-corrected chi connectivity index (χ1v) is 12.9. The zero-order valence-corrected chi connectivity index (χ0v) is 23.1. The molecule has 0 spiro atoms. The molecule has 2 aromatic heterocycles. The van der Waals surface area contributed by atoms with Gasteiger partial charge in [0.1, 0.15) is 28.9 Å². The minimum absolute atomic E-state index is 0.114. The number of aryl methyl sites for hydroxylation is 2. The number of likely N-dealkylation sites (N-methyl/N-ethyl adjacent to an activating group) is 1. The molecule has 0 aliphatic carbocycles. The Labute approximate surface area is 232 Å². The number of ether oxygens (including phenoxy) is 1. The van der Waals surface area contributed by atoms with Gasteiger partial charge < -0.3 is 29.5 Å². The lowest BCUT2D eigenvalue weighted by molar-refractivity contribution is 0.0356. The lowest BCUT2D eigenvalue weighted by Crippen LogP contribution is -2.50. The third-order valence-electron chi connectivity index (χ3n) is 6.78. The fraction of sp³-hybridized carbons (Fsp3) is 0.379. The van der Waals surface area contributed by atoms with Crippen LogP contribution in [0.25, 0.3) is 0 Å². The predicted molar refractivity (Wildman–Crippen MR) is 145 cm³/mol. The van der Waals surface area contributed by atoms with Crippen molar-refractivity contribution in [3.63, 3.8) is 0 Å². The number of amides is 3. The van der Waals surface area contributed by atoms with E-state index in [2.05, 4.69) is 27.3 Å². The summed E-state index contributed by atoms with van der Waals surface area (Å²) >= 11 is 0. The number of aliphatic hydroxyl groups is 1. The molecule has 1 aromatic carbocycles. The number of carbonyl (C=O) groups is 2. The van der Waals surface area contributed by atoms with Crippen LogP contribution in [-0.4, -0.2) is 75.9 Å². The first-order chi connectivity index (χ1) is 19.1. The molecular weight excluding hydrogens is 517 g/mol. The second-order valence-corrected chi connectivity index (χ2v) is 9.97. The van der Waals surface area contributed by atoms with Gasteiger partial charge in [-0.05, 0) is 51.1 Å². The van der Waals surface area contributed by atoms with Gasteiger partial charge in [-0.3, -0.25) is 4.79 Å².